The Morgan fingerprint density at radius 2 is 2.36 bits per heavy atom. The van der Waals surface area contributed by atoms with Crippen molar-refractivity contribution in [3.05, 3.63) is 0 Å². The first kappa shape index (κ1) is 13.4. The first-order valence-electron chi connectivity index (χ1n) is 4.86. The van der Waals surface area contributed by atoms with Gasteiger partial charge in [0.25, 0.3) is 0 Å². The Morgan fingerprint density at radius 3 is 2.93 bits per heavy atom. The second kappa shape index (κ2) is 8.93. The molecule has 0 saturated heterocycles. The molecular formula is C9H20N2O3. The van der Waals surface area contributed by atoms with E-state index in [-0.39, 0.29) is 19.1 Å². The number of carbonyl (C=O) groups is 1. The molecule has 0 aromatic rings. The summed E-state index contributed by atoms with van der Waals surface area (Å²) in [6.07, 6.45) is 0.698. The third-order valence-electron chi connectivity index (χ3n) is 1.76. The zero-order valence-electron chi connectivity index (χ0n) is 8.66. The second-order valence-corrected chi connectivity index (χ2v) is 3.26. The predicted molar refractivity (Wildman–Crippen MR) is 53.7 cm³/mol. The lowest BCUT2D eigenvalue weighted by Crippen LogP contribution is -2.32. The van der Waals surface area contributed by atoms with Gasteiger partial charge in [-0.05, 0) is 12.3 Å². The van der Waals surface area contributed by atoms with Gasteiger partial charge in [-0.25, -0.2) is 0 Å². The van der Waals surface area contributed by atoms with Crippen LogP contribution in [0.15, 0.2) is 0 Å². The van der Waals surface area contributed by atoms with Crippen molar-refractivity contribution in [1.29, 1.82) is 0 Å². The van der Waals surface area contributed by atoms with Gasteiger partial charge in [-0.2, -0.15) is 0 Å². The van der Waals surface area contributed by atoms with E-state index in [9.17, 15) is 4.79 Å². The highest BCUT2D eigenvalue weighted by atomic mass is 16.5. The van der Waals surface area contributed by atoms with Gasteiger partial charge in [0.2, 0.25) is 5.91 Å². The van der Waals surface area contributed by atoms with Crippen molar-refractivity contribution in [2.24, 2.45) is 11.7 Å². The van der Waals surface area contributed by atoms with Crippen LogP contribution in [0.5, 0.6) is 0 Å². The summed E-state index contributed by atoms with van der Waals surface area (Å²) < 4.78 is 4.95. The molecule has 0 spiro atoms. The standard InChI is InChI=1S/C9H20N2O3/c1-8(2-4-12)6-11-9(13)7-14-5-3-10/h8,12H,2-7,10H2,1H3,(H,11,13). The van der Waals surface area contributed by atoms with Gasteiger partial charge in [0.05, 0.1) is 6.61 Å². The molecule has 5 nitrogen and oxygen atoms in total. The Bertz CT molecular complexity index is 153. The van der Waals surface area contributed by atoms with Crippen LogP contribution >= 0.6 is 0 Å². The Kier molecular flexibility index (Phi) is 8.51. The molecule has 0 fully saturated rings. The molecule has 0 rings (SSSR count). The van der Waals surface area contributed by atoms with E-state index in [2.05, 4.69) is 5.32 Å². The smallest absolute Gasteiger partial charge is 0.246 e. The quantitative estimate of drug-likeness (QED) is 0.447. The summed E-state index contributed by atoms with van der Waals surface area (Å²) in [5.41, 5.74) is 5.19. The van der Waals surface area contributed by atoms with E-state index in [1.165, 1.54) is 0 Å². The summed E-state index contributed by atoms with van der Waals surface area (Å²) in [4.78, 5) is 11.1. The second-order valence-electron chi connectivity index (χ2n) is 3.26. The van der Waals surface area contributed by atoms with Crippen molar-refractivity contribution < 1.29 is 14.6 Å². The van der Waals surface area contributed by atoms with Crippen LogP contribution in [-0.2, 0) is 9.53 Å². The molecule has 0 saturated carbocycles. The van der Waals surface area contributed by atoms with Gasteiger partial charge in [0, 0.05) is 19.7 Å². The molecule has 0 aromatic carbocycles. The molecule has 4 N–H and O–H groups in total. The number of aliphatic hydroxyl groups excluding tert-OH is 1. The van der Waals surface area contributed by atoms with Crippen LogP contribution in [0.25, 0.3) is 0 Å². The summed E-state index contributed by atoms with van der Waals surface area (Å²) in [6, 6.07) is 0. The van der Waals surface area contributed by atoms with Crippen LogP contribution in [0.1, 0.15) is 13.3 Å². The maximum absolute atomic E-state index is 11.1. The molecule has 0 heterocycles. The maximum Gasteiger partial charge on any atom is 0.246 e. The topological polar surface area (TPSA) is 84.6 Å². The van der Waals surface area contributed by atoms with Crippen LogP contribution in [0, 0.1) is 5.92 Å². The van der Waals surface area contributed by atoms with E-state index >= 15 is 0 Å². The first-order valence-corrected chi connectivity index (χ1v) is 4.86. The molecule has 0 aliphatic rings. The van der Waals surface area contributed by atoms with E-state index in [4.69, 9.17) is 15.6 Å². The number of ether oxygens (including phenoxy) is 1. The normalized spacial score (nSPS) is 12.5. The number of carbonyl (C=O) groups excluding carboxylic acids is 1. The Balaban J connectivity index is 3.34. The third kappa shape index (κ3) is 7.97. The monoisotopic (exact) mass is 204 g/mol. The number of rotatable bonds is 8. The fourth-order valence-electron chi connectivity index (χ4n) is 0.910. The Labute approximate surface area is 84.6 Å². The van der Waals surface area contributed by atoms with Crippen LogP contribution in [0.4, 0.5) is 0 Å². The highest BCUT2D eigenvalue weighted by Gasteiger charge is 2.04. The SMILES string of the molecule is CC(CCO)CNC(=O)COCCN. The molecule has 1 unspecified atom stereocenters. The van der Waals surface area contributed by atoms with Crippen LogP contribution < -0.4 is 11.1 Å². The fraction of sp³-hybridized carbons (Fsp3) is 0.889. The van der Waals surface area contributed by atoms with E-state index in [1.807, 2.05) is 6.92 Å². The average molecular weight is 204 g/mol. The number of aliphatic hydroxyl groups is 1. The summed E-state index contributed by atoms with van der Waals surface area (Å²) in [5, 5.41) is 11.3. The van der Waals surface area contributed by atoms with Crippen LogP contribution in [-0.4, -0.2) is 43.9 Å². The molecule has 0 aliphatic heterocycles. The minimum absolute atomic E-state index is 0.0586. The highest BCUT2D eigenvalue weighted by molar-refractivity contribution is 5.77. The maximum atomic E-state index is 11.1. The van der Waals surface area contributed by atoms with E-state index in [0.717, 1.165) is 0 Å². The van der Waals surface area contributed by atoms with Gasteiger partial charge in [-0.15, -0.1) is 0 Å². The molecule has 0 aliphatic carbocycles. The molecule has 0 aromatic heterocycles. The largest absolute Gasteiger partial charge is 0.396 e. The van der Waals surface area contributed by atoms with Gasteiger partial charge in [-0.3, -0.25) is 4.79 Å². The molecule has 1 amide bonds. The molecule has 0 radical (unpaired) electrons. The van der Waals surface area contributed by atoms with Gasteiger partial charge in [0.15, 0.2) is 0 Å². The van der Waals surface area contributed by atoms with Crippen LogP contribution in [0.3, 0.4) is 0 Å². The fourth-order valence-corrected chi connectivity index (χ4v) is 0.910. The van der Waals surface area contributed by atoms with Crippen molar-refractivity contribution in [2.45, 2.75) is 13.3 Å². The van der Waals surface area contributed by atoms with Gasteiger partial charge >= 0.3 is 0 Å². The lowest BCUT2D eigenvalue weighted by molar-refractivity contribution is -0.125. The zero-order valence-corrected chi connectivity index (χ0v) is 8.66. The molecule has 1 atom stereocenters. The molecule has 14 heavy (non-hydrogen) atoms. The summed E-state index contributed by atoms with van der Waals surface area (Å²) in [7, 11) is 0. The number of hydrogen-bond acceptors (Lipinski definition) is 4. The Morgan fingerprint density at radius 1 is 1.64 bits per heavy atom. The zero-order chi connectivity index (χ0) is 10.8. The predicted octanol–water partition coefficient (Wildman–Crippen LogP) is -0.904. The van der Waals surface area contributed by atoms with Crippen molar-refractivity contribution in [2.75, 3.05) is 32.9 Å². The van der Waals surface area contributed by atoms with Gasteiger partial charge in [-0.1, -0.05) is 6.92 Å². The van der Waals surface area contributed by atoms with E-state index < -0.39 is 0 Å². The van der Waals surface area contributed by atoms with E-state index in [1.54, 1.807) is 0 Å². The van der Waals surface area contributed by atoms with Gasteiger partial charge in [0.1, 0.15) is 6.61 Å². The molecule has 84 valence electrons. The highest BCUT2D eigenvalue weighted by Crippen LogP contribution is 1.97. The third-order valence-corrected chi connectivity index (χ3v) is 1.76. The van der Waals surface area contributed by atoms with E-state index in [0.29, 0.717) is 32.0 Å². The Hall–Kier alpha value is -0.650. The summed E-state index contributed by atoms with van der Waals surface area (Å²) in [6.45, 7) is 3.58. The van der Waals surface area contributed by atoms with Crippen molar-refractivity contribution >= 4 is 5.91 Å². The lowest BCUT2D eigenvalue weighted by Gasteiger charge is -2.10. The number of hydrogen-bond donors (Lipinski definition) is 3. The van der Waals surface area contributed by atoms with Gasteiger partial charge < -0.3 is 20.9 Å². The summed E-state index contributed by atoms with van der Waals surface area (Å²) in [5.74, 6) is 0.154. The van der Waals surface area contributed by atoms with Crippen molar-refractivity contribution in [3.63, 3.8) is 0 Å². The lowest BCUT2D eigenvalue weighted by atomic mass is 10.1. The van der Waals surface area contributed by atoms with Crippen molar-refractivity contribution in [1.82, 2.24) is 5.32 Å². The minimum atomic E-state index is -0.136. The number of amides is 1. The number of nitrogens with two attached hydrogens (primary N) is 1. The minimum Gasteiger partial charge on any atom is -0.396 e. The molecule has 5 heteroatoms. The average Bonchev–Trinajstić information content (AvgIpc) is 2.16. The summed E-state index contributed by atoms with van der Waals surface area (Å²) >= 11 is 0. The molecule has 0 bridgehead atoms. The first-order chi connectivity index (χ1) is 6.70. The van der Waals surface area contributed by atoms with Crippen molar-refractivity contribution in [3.8, 4) is 0 Å². The molecular weight excluding hydrogens is 184 g/mol. The van der Waals surface area contributed by atoms with Crippen LogP contribution in [0.2, 0.25) is 0 Å². The number of nitrogens with one attached hydrogen (secondary N) is 1.